The predicted octanol–water partition coefficient (Wildman–Crippen LogP) is -0.938. The fourth-order valence-electron chi connectivity index (χ4n) is 1.80. The Bertz CT molecular complexity index is 400. The molecule has 0 aliphatic rings. The lowest BCUT2D eigenvalue weighted by Crippen LogP contribution is -2.57. The van der Waals surface area contributed by atoms with Crippen molar-refractivity contribution in [3.05, 3.63) is 0 Å². The van der Waals surface area contributed by atoms with Gasteiger partial charge in [0.25, 0.3) is 0 Å². The van der Waals surface area contributed by atoms with Gasteiger partial charge in [0.15, 0.2) is 0 Å². The molecule has 2 amide bonds. The van der Waals surface area contributed by atoms with E-state index in [1.54, 1.807) is 20.8 Å². The van der Waals surface area contributed by atoms with Crippen LogP contribution in [0.15, 0.2) is 0 Å². The van der Waals surface area contributed by atoms with E-state index in [0.29, 0.717) is 6.42 Å². The number of carboxylic acid groups (broad SMARTS) is 1. The highest BCUT2D eigenvalue weighted by atomic mass is 16.4. The fourth-order valence-corrected chi connectivity index (χ4v) is 1.80. The first-order valence-corrected chi connectivity index (χ1v) is 7.35. The van der Waals surface area contributed by atoms with Crippen molar-refractivity contribution < 1.29 is 24.6 Å². The predicted molar refractivity (Wildman–Crippen MR) is 80.9 cm³/mol. The molecule has 0 fully saturated rings. The highest BCUT2D eigenvalue weighted by Crippen LogP contribution is 2.10. The first kappa shape index (κ1) is 20.3. The Morgan fingerprint density at radius 1 is 1.05 bits per heavy atom. The van der Waals surface area contributed by atoms with Crippen LogP contribution in [0, 0.1) is 11.8 Å². The molecule has 0 rings (SSSR count). The number of rotatable bonds is 9. The maximum Gasteiger partial charge on any atom is 0.326 e. The van der Waals surface area contributed by atoms with Gasteiger partial charge in [0.2, 0.25) is 11.8 Å². The second-order valence-corrected chi connectivity index (χ2v) is 5.73. The number of aliphatic hydroxyl groups is 1. The fraction of sp³-hybridized carbons (Fsp3) is 0.786. The number of amides is 2. The molecule has 0 saturated heterocycles. The molecule has 0 aliphatic heterocycles. The van der Waals surface area contributed by atoms with Gasteiger partial charge < -0.3 is 26.6 Å². The first-order valence-electron chi connectivity index (χ1n) is 7.35. The zero-order valence-electron chi connectivity index (χ0n) is 13.5. The Hall–Kier alpha value is -1.67. The lowest BCUT2D eigenvalue weighted by Gasteiger charge is -2.27. The summed E-state index contributed by atoms with van der Waals surface area (Å²) in [5.41, 5.74) is 5.42. The van der Waals surface area contributed by atoms with Crippen molar-refractivity contribution in [1.82, 2.24) is 10.6 Å². The third kappa shape index (κ3) is 5.98. The molecule has 8 heteroatoms. The van der Waals surface area contributed by atoms with Crippen LogP contribution in [0.1, 0.15) is 34.1 Å². The summed E-state index contributed by atoms with van der Waals surface area (Å²) in [6, 6.07) is -3.07. The summed E-state index contributed by atoms with van der Waals surface area (Å²) in [4.78, 5) is 35.2. The average molecular weight is 317 g/mol. The Labute approximate surface area is 130 Å². The molecule has 0 aromatic rings. The van der Waals surface area contributed by atoms with E-state index in [9.17, 15) is 14.4 Å². The first-order chi connectivity index (χ1) is 10.1. The highest BCUT2D eigenvalue weighted by molar-refractivity contribution is 5.92. The zero-order valence-corrected chi connectivity index (χ0v) is 13.5. The zero-order chi connectivity index (χ0) is 17.4. The van der Waals surface area contributed by atoms with Gasteiger partial charge in [0.05, 0.1) is 6.61 Å². The Morgan fingerprint density at radius 3 is 1.91 bits per heavy atom. The third-order valence-corrected chi connectivity index (χ3v) is 3.56. The summed E-state index contributed by atoms with van der Waals surface area (Å²) < 4.78 is 0. The molecule has 0 radical (unpaired) electrons. The van der Waals surface area contributed by atoms with Crippen LogP contribution < -0.4 is 16.4 Å². The SMILES string of the molecule is CC[C@H](C)[C@H](NC(=O)[C@@H](N)CO)C(=O)N[C@H](C(=O)O)C(C)C. The van der Waals surface area contributed by atoms with Gasteiger partial charge in [-0.1, -0.05) is 34.1 Å². The van der Waals surface area contributed by atoms with E-state index in [-0.39, 0.29) is 11.8 Å². The second kappa shape index (κ2) is 9.37. The molecule has 0 heterocycles. The lowest BCUT2D eigenvalue weighted by molar-refractivity contribution is -0.143. The number of nitrogens with one attached hydrogen (secondary N) is 2. The van der Waals surface area contributed by atoms with Gasteiger partial charge in [-0.3, -0.25) is 9.59 Å². The molecule has 0 unspecified atom stereocenters. The molecule has 0 aromatic heterocycles. The molecular formula is C14H27N3O5. The van der Waals surface area contributed by atoms with Crippen LogP contribution in [0.4, 0.5) is 0 Å². The van der Waals surface area contributed by atoms with Crippen molar-refractivity contribution in [1.29, 1.82) is 0 Å². The number of hydrogen-bond donors (Lipinski definition) is 5. The van der Waals surface area contributed by atoms with Gasteiger partial charge in [-0.25, -0.2) is 4.79 Å². The number of carbonyl (C=O) groups excluding carboxylic acids is 2. The number of aliphatic hydroxyl groups excluding tert-OH is 1. The molecule has 0 saturated carbocycles. The van der Waals surface area contributed by atoms with Crippen LogP contribution in [0.25, 0.3) is 0 Å². The maximum absolute atomic E-state index is 12.3. The molecule has 0 spiro atoms. The minimum absolute atomic E-state index is 0.212. The molecule has 128 valence electrons. The highest BCUT2D eigenvalue weighted by Gasteiger charge is 2.31. The van der Waals surface area contributed by atoms with Gasteiger partial charge in [0.1, 0.15) is 18.1 Å². The minimum atomic E-state index is -1.13. The summed E-state index contributed by atoms with van der Waals surface area (Å²) in [7, 11) is 0. The van der Waals surface area contributed by atoms with Crippen LogP contribution in [-0.2, 0) is 14.4 Å². The van der Waals surface area contributed by atoms with E-state index in [1.165, 1.54) is 0 Å². The van der Waals surface area contributed by atoms with Crippen LogP contribution in [0.3, 0.4) is 0 Å². The van der Waals surface area contributed by atoms with Crippen LogP contribution in [-0.4, -0.2) is 52.7 Å². The minimum Gasteiger partial charge on any atom is -0.480 e. The summed E-state index contributed by atoms with van der Waals surface area (Å²) in [6.45, 7) is 6.43. The summed E-state index contributed by atoms with van der Waals surface area (Å²) in [6.07, 6.45) is 0.603. The molecule has 4 atom stereocenters. The van der Waals surface area contributed by atoms with Crippen LogP contribution in [0.5, 0.6) is 0 Å². The number of hydrogen-bond acceptors (Lipinski definition) is 5. The van der Waals surface area contributed by atoms with Crippen molar-refractivity contribution in [2.45, 2.75) is 52.2 Å². The standard InChI is InChI=1S/C14H27N3O5/c1-5-8(4)11(17-12(19)9(15)6-18)13(20)16-10(7(2)3)14(21)22/h7-11,18H,5-6,15H2,1-4H3,(H,16,20)(H,17,19)(H,21,22)/t8-,9-,10-,11-/m0/s1. The van der Waals surface area contributed by atoms with Gasteiger partial charge in [-0.05, 0) is 11.8 Å². The van der Waals surface area contributed by atoms with Gasteiger partial charge >= 0.3 is 5.97 Å². The van der Waals surface area contributed by atoms with Gasteiger partial charge in [-0.2, -0.15) is 0 Å². The van der Waals surface area contributed by atoms with Crippen LogP contribution in [0.2, 0.25) is 0 Å². The average Bonchev–Trinajstić information content (AvgIpc) is 2.47. The number of aliphatic carboxylic acids is 1. The second-order valence-electron chi connectivity index (χ2n) is 5.73. The topological polar surface area (TPSA) is 142 Å². The molecule has 6 N–H and O–H groups in total. The Balaban J connectivity index is 5.06. The Kier molecular flexibility index (Phi) is 8.66. The summed E-state index contributed by atoms with van der Waals surface area (Å²) in [5, 5.41) is 22.9. The largest absolute Gasteiger partial charge is 0.480 e. The molecule has 0 aromatic carbocycles. The lowest BCUT2D eigenvalue weighted by atomic mass is 9.96. The van der Waals surface area contributed by atoms with E-state index in [2.05, 4.69) is 10.6 Å². The molecular weight excluding hydrogens is 290 g/mol. The van der Waals surface area contributed by atoms with E-state index in [1.807, 2.05) is 6.92 Å². The number of nitrogens with two attached hydrogens (primary N) is 1. The Morgan fingerprint density at radius 2 is 1.55 bits per heavy atom. The van der Waals surface area contributed by atoms with E-state index in [0.717, 1.165) is 0 Å². The summed E-state index contributed by atoms with van der Waals surface area (Å²) in [5.74, 6) is -2.87. The van der Waals surface area contributed by atoms with Crippen molar-refractivity contribution >= 4 is 17.8 Å². The number of carboxylic acids is 1. The third-order valence-electron chi connectivity index (χ3n) is 3.56. The van der Waals surface area contributed by atoms with Crippen molar-refractivity contribution in [2.75, 3.05) is 6.61 Å². The maximum atomic E-state index is 12.3. The van der Waals surface area contributed by atoms with E-state index < -0.39 is 42.5 Å². The van der Waals surface area contributed by atoms with Crippen molar-refractivity contribution in [3.63, 3.8) is 0 Å². The molecule has 22 heavy (non-hydrogen) atoms. The molecule has 0 aliphatic carbocycles. The van der Waals surface area contributed by atoms with Gasteiger partial charge in [0, 0.05) is 0 Å². The normalized spacial score (nSPS) is 16.5. The van der Waals surface area contributed by atoms with Gasteiger partial charge in [-0.15, -0.1) is 0 Å². The monoisotopic (exact) mass is 317 g/mol. The van der Waals surface area contributed by atoms with Crippen LogP contribution >= 0.6 is 0 Å². The molecule has 0 bridgehead atoms. The van der Waals surface area contributed by atoms with Crippen molar-refractivity contribution in [3.8, 4) is 0 Å². The molecule has 8 nitrogen and oxygen atoms in total. The quantitative estimate of drug-likeness (QED) is 0.372. The van der Waals surface area contributed by atoms with Crippen molar-refractivity contribution in [2.24, 2.45) is 17.6 Å². The smallest absolute Gasteiger partial charge is 0.326 e. The number of carbonyl (C=O) groups is 3. The van der Waals surface area contributed by atoms with E-state index in [4.69, 9.17) is 15.9 Å². The van der Waals surface area contributed by atoms with E-state index >= 15 is 0 Å². The summed E-state index contributed by atoms with van der Waals surface area (Å²) >= 11 is 0.